The summed E-state index contributed by atoms with van der Waals surface area (Å²) in [5.74, 6) is 0.326. The van der Waals surface area contributed by atoms with E-state index >= 15 is 0 Å². The van der Waals surface area contributed by atoms with Gasteiger partial charge < -0.3 is 4.90 Å². The number of benzene rings is 1. The summed E-state index contributed by atoms with van der Waals surface area (Å²) >= 11 is 3.48. The molecule has 1 saturated carbocycles. The zero-order valence-electron chi connectivity index (χ0n) is 11.8. The third-order valence-corrected chi connectivity index (χ3v) is 4.84. The summed E-state index contributed by atoms with van der Waals surface area (Å²) in [7, 11) is 1.93. The number of carbonyl (C=O) groups excluding carboxylic acids is 1. The van der Waals surface area contributed by atoms with Crippen molar-refractivity contribution in [1.82, 2.24) is 4.90 Å². The largest absolute Gasteiger partial charge is 0.341 e. The molecule has 1 aromatic carbocycles. The Bertz CT molecular complexity index is 452. The van der Waals surface area contributed by atoms with Crippen molar-refractivity contribution in [3.8, 4) is 0 Å². The van der Waals surface area contributed by atoms with Crippen molar-refractivity contribution in [3.63, 3.8) is 0 Å². The third-order valence-electron chi connectivity index (χ3n) is 4.35. The van der Waals surface area contributed by atoms with Crippen molar-refractivity contribution in [3.05, 3.63) is 34.3 Å². The first kappa shape index (κ1) is 14.6. The van der Waals surface area contributed by atoms with E-state index in [1.165, 1.54) is 18.4 Å². The van der Waals surface area contributed by atoms with E-state index in [-0.39, 0.29) is 5.41 Å². The summed E-state index contributed by atoms with van der Waals surface area (Å²) in [5.41, 5.74) is 1.09. The van der Waals surface area contributed by atoms with Gasteiger partial charge in [0.15, 0.2) is 0 Å². The Morgan fingerprint density at radius 2 is 2.05 bits per heavy atom. The number of rotatable bonds is 4. The van der Waals surface area contributed by atoms with Gasteiger partial charge in [-0.25, -0.2) is 0 Å². The van der Waals surface area contributed by atoms with Crippen LogP contribution in [0.2, 0.25) is 0 Å². The summed E-state index contributed by atoms with van der Waals surface area (Å²) < 4.78 is 1.07. The normalized spacial score (nSPS) is 17.4. The van der Waals surface area contributed by atoms with E-state index in [0.717, 1.165) is 23.7 Å². The summed E-state index contributed by atoms with van der Waals surface area (Å²) in [6, 6.07) is 8.18. The molecule has 0 heterocycles. The van der Waals surface area contributed by atoms with Gasteiger partial charge in [0.05, 0.1) is 0 Å². The summed E-state index contributed by atoms with van der Waals surface area (Å²) in [5, 5.41) is 0. The predicted molar refractivity (Wildman–Crippen MR) is 81.8 cm³/mol. The highest BCUT2D eigenvalue weighted by molar-refractivity contribution is 9.10. The maximum Gasteiger partial charge on any atom is 0.228 e. The first-order valence-electron chi connectivity index (χ1n) is 7.07. The quantitative estimate of drug-likeness (QED) is 0.805. The lowest BCUT2D eigenvalue weighted by atomic mass is 9.82. The molecule has 0 aliphatic heterocycles. The minimum absolute atomic E-state index is 0.0826. The lowest BCUT2D eigenvalue weighted by Crippen LogP contribution is -2.39. The smallest absolute Gasteiger partial charge is 0.228 e. The zero-order valence-corrected chi connectivity index (χ0v) is 13.4. The molecule has 1 aromatic rings. The number of hydrogen-bond donors (Lipinski definition) is 0. The Morgan fingerprint density at radius 3 is 2.63 bits per heavy atom. The Labute approximate surface area is 124 Å². The van der Waals surface area contributed by atoms with Crippen molar-refractivity contribution in [1.29, 1.82) is 0 Å². The standard InChI is InChI=1S/C16H22BrNO/c1-3-16(9-4-5-10-16)15(19)18(2)12-13-7-6-8-14(17)11-13/h6-8,11H,3-5,9-10,12H2,1-2H3. The molecule has 0 spiro atoms. The highest BCUT2D eigenvalue weighted by Gasteiger charge is 2.40. The van der Waals surface area contributed by atoms with Gasteiger partial charge in [0.2, 0.25) is 5.91 Å². The number of carbonyl (C=O) groups is 1. The molecule has 104 valence electrons. The predicted octanol–water partition coefficient (Wildman–Crippen LogP) is 4.38. The van der Waals surface area contributed by atoms with Gasteiger partial charge in [-0.3, -0.25) is 4.79 Å². The molecule has 0 bridgehead atoms. The van der Waals surface area contributed by atoms with Crippen molar-refractivity contribution in [2.75, 3.05) is 7.05 Å². The second-order valence-corrected chi connectivity index (χ2v) is 6.55. The van der Waals surface area contributed by atoms with Gasteiger partial charge in [0.25, 0.3) is 0 Å². The van der Waals surface area contributed by atoms with Gasteiger partial charge in [0.1, 0.15) is 0 Å². The molecule has 0 unspecified atom stereocenters. The van der Waals surface area contributed by atoms with E-state index in [4.69, 9.17) is 0 Å². The second kappa shape index (κ2) is 6.08. The first-order chi connectivity index (χ1) is 9.07. The van der Waals surface area contributed by atoms with E-state index in [1.54, 1.807) is 0 Å². The molecule has 1 amide bonds. The second-order valence-electron chi connectivity index (χ2n) is 5.63. The van der Waals surface area contributed by atoms with E-state index in [9.17, 15) is 4.79 Å². The van der Waals surface area contributed by atoms with Crippen molar-refractivity contribution >= 4 is 21.8 Å². The molecule has 2 nitrogen and oxygen atoms in total. The fourth-order valence-corrected chi connectivity index (χ4v) is 3.60. The van der Waals surface area contributed by atoms with Crippen LogP contribution in [0.3, 0.4) is 0 Å². The Kier molecular flexibility index (Phi) is 4.67. The minimum Gasteiger partial charge on any atom is -0.341 e. The molecular formula is C16H22BrNO. The van der Waals surface area contributed by atoms with Gasteiger partial charge in [-0.2, -0.15) is 0 Å². The van der Waals surface area contributed by atoms with Gasteiger partial charge in [-0.15, -0.1) is 0 Å². The summed E-state index contributed by atoms with van der Waals surface area (Å²) in [4.78, 5) is 14.6. The zero-order chi connectivity index (χ0) is 13.9. The number of amides is 1. The minimum atomic E-state index is -0.0826. The van der Waals surface area contributed by atoms with Crippen LogP contribution >= 0.6 is 15.9 Å². The maximum absolute atomic E-state index is 12.7. The van der Waals surface area contributed by atoms with Crippen LogP contribution in [0.15, 0.2) is 28.7 Å². The third kappa shape index (κ3) is 3.19. The Morgan fingerprint density at radius 1 is 1.37 bits per heavy atom. The Balaban J connectivity index is 2.07. The number of halogens is 1. The van der Waals surface area contributed by atoms with Crippen LogP contribution in [0, 0.1) is 5.41 Å². The number of nitrogens with zero attached hydrogens (tertiary/aromatic N) is 1. The maximum atomic E-state index is 12.7. The van der Waals surface area contributed by atoms with Crippen molar-refractivity contribution < 1.29 is 4.79 Å². The molecule has 1 fully saturated rings. The van der Waals surface area contributed by atoms with E-state index in [0.29, 0.717) is 12.5 Å². The lowest BCUT2D eigenvalue weighted by Gasteiger charge is -2.31. The molecule has 19 heavy (non-hydrogen) atoms. The average molecular weight is 324 g/mol. The van der Waals surface area contributed by atoms with Crippen LogP contribution in [-0.4, -0.2) is 17.9 Å². The molecule has 1 aliphatic rings. The van der Waals surface area contributed by atoms with Crippen LogP contribution in [0.5, 0.6) is 0 Å². The fraction of sp³-hybridized carbons (Fsp3) is 0.562. The lowest BCUT2D eigenvalue weighted by molar-refractivity contribution is -0.141. The van der Waals surface area contributed by atoms with Crippen molar-refractivity contribution in [2.45, 2.75) is 45.6 Å². The average Bonchev–Trinajstić information content (AvgIpc) is 2.87. The highest BCUT2D eigenvalue weighted by Crippen LogP contribution is 2.42. The van der Waals surface area contributed by atoms with E-state index in [1.807, 2.05) is 24.1 Å². The van der Waals surface area contributed by atoms with Gasteiger partial charge in [-0.1, -0.05) is 47.8 Å². The first-order valence-corrected chi connectivity index (χ1v) is 7.87. The SMILES string of the molecule is CCC1(C(=O)N(C)Cc2cccc(Br)c2)CCCC1. The van der Waals surface area contributed by atoms with Crippen LogP contribution in [0.25, 0.3) is 0 Å². The topological polar surface area (TPSA) is 20.3 Å². The summed E-state index contributed by atoms with van der Waals surface area (Å²) in [6.07, 6.45) is 5.49. The molecular weight excluding hydrogens is 302 g/mol. The molecule has 0 N–H and O–H groups in total. The Hall–Kier alpha value is -0.830. The van der Waals surface area contributed by atoms with Crippen molar-refractivity contribution in [2.24, 2.45) is 5.41 Å². The van der Waals surface area contributed by atoms with Crippen LogP contribution in [0.1, 0.15) is 44.6 Å². The van der Waals surface area contributed by atoms with E-state index in [2.05, 4.69) is 35.0 Å². The molecule has 0 aromatic heterocycles. The molecule has 2 rings (SSSR count). The molecule has 3 heteroatoms. The van der Waals surface area contributed by atoms with Gasteiger partial charge in [0, 0.05) is 23.5 Å². The van der Waals surface area contributed by atoms with E-state index < -0.39 is 0 Å². The fourth-order valence-electron chi connectivity index (χ4n) is 3.16. The number of hydrogen-bond acceptors (Lipinski definition) is 1. The van der Waals surface area contributed by atoms with Crippen LogP contribution < -0.4 is 0 Å². The molecule has 0 saturated heterocycles. The highest BCUT2D eigenvalue weighted by atomic mass is 79.9. The molecule has 0 radical (unpaired) electrons. The van der Waals surface area contributed by atoms with Gasteiger partial charge >= 0.3 is 0 Å². The summed E-state index contributed by atoms with van der Waals surface area (Å²) in [6.45, 7) is 2.84. The molecule has 0 atom stereocenters. The molecule has 1 aliphatic carbocycles. The van der Waals surface area contributed by atoms with Crippen LogP contribution in [-0.2, 0) is 11.3 Å². The van der Waals surface area contributed by atoms with Gasteiger partial charge in [-0.05, 0) is 37.0 Å². The monoisotopic (exact) mass is 323 g/mol. The van der Waals surface area contributed by atoms with Crippen LogP contribution in [0.4, 0.5) is 0 Å².